The number of hydrogen-bond donors (Lipinski definition) is 3. The second kappa shape index (κ2) is 4.75. The summed E-state index contributed by atoms with van der Waals surface area (Å²) < 4.78 is 0. The number of carbonyl (C=O) groups excluding carboxylic acids is 1. The summed E-state index contributed by atoms with van der Waals surface area (Å²) in [5.41, 5.74) is -0.505. The zero-order chi connectivity index (χ0) is 10.6. The van der Waals surface area contributed by atoms with Crippen LogP contribution in [0.1, 0.15) is 26.7 Å². The first kappa shape index (κ1) is 11.5. The lowest BCUT2D eigenvalue weighted by molar-refractivity contribution is -0.127. The summed E-state index contributed by atoms with van der Waals surface area (Å²) >= 11 is 0. The minimum Gasteiger partial charge on any atom is -0.394 e. The van der Waals surface area contributed by atoms with Crippen molar-refractivity contribution in [3.63, 3.8) is 0 Å². The Labute approximate surface area is 85.1 Å². The molecule has 0 unspecified atom stereocenters. The summed E-state index contributed by atoms with van der Waals surface area (Å²) in [6.07, 6.45) is 2.00. The van der Waals surface area contributed by atoms with Crippen LogP contribution in [0.5, 0.6) is 0 Å². The SMILES string of the molecule is CC(C)(CO)NC(=O)[C@H]1CCCNC1. The van der Waals surface area contributed by atoms with Gasteiger partial charge >= 0.3 is 0 Å². The molecule has 14 heavy (non-hydrogen) atoms. The number of rotatable bonds is 3. The molecule has 4 nitrogen and oxygen atoms in total. The van der Waals surface area contributed by atoms with Crippen LogP contribution in [0.25, 0.3) is 0 Å². The van der Waals surface area contributed by atoms with Crippen LogP contribution in [-0.2, 0) is 4.79 Å². The Balaban J connectivity index is 2.40. The van der Waals surface area contributed by atoms with Gasteiger partial charge < -0.3 is 15.7 Å². The molecule has 3 N–H and O–H groups in total. The van der Waals surface area contributed by atoms with Gasteiger partial charge in [0.2, 0.25) is 5.91 Å². The van der Waals surface area contributed by atoms with E-state index in [2.05, 4.69) is 10.6 Å². The van der Waals surface area contributed by atoms with Gasteiger partial charge in [0.25, 0.3) is 0 Å². The second-order valence-corrected chi connectivity index (χ2v) is 4.57. The predicted octanol–water partition coefficient (Wildman–Crippen LogP) is -0.127. The topological polar surface area (TPSA) is 61.4 Å². The van der Waals surface area contributed by atoms with E-state index in [1.807, 2.05) is 13.8 Å². The lowest BCUT2D eigenvalue weighted by atomic mass is 9.97. The van der Waals surface area contributed by atoms with E-state index < -0.39 is 5.54 Å². The van der Waals surface area contributed by atoms with E-state index in [1.54, 1.807) is 0 Å². The third-order valence-electron chi connectivity index (χ3n) is 2.52. The molecule has 82 valence electrons. The van der Waals surface area contributed by atoms with E-state index in [4.69, 9.17) is 5.11 Å². The number of piperidine rings is 1. The molecule has 0 spiro atoms. The van der Waals surface area contributed by atoms with Crippen LogP contribution in [0, 0.1) is 5.92 Å². The maximum absolute atomic E-state index is 11.7. The van der Waals surface area contributed by atoms with Crippen molar-refractivity contribution < 1.29 is 9.90 Å². The summed E-state index contributed by atoms with van der Waals surface area (Å²) in [6, 6.07) is 0. The van der Waals surface area contributed by atoms with Gasteiger partial charge in [-0.25, -0.2) is 0 Å². The van der Waals surface area contributed by atoms with E-state index in [0.717, 1.165) is 25.9 Å². The lowest BCUT2D eigenvalue weighted by Gasteiger charge is -2.28. The summed E-state index contributed by atoms with van der Waals surface area (Å²) in [6.45, 7) is 5.38. The molecule has 0 aromatic rings. The third kappa shape index (κ3) is 3.27. The molecule has 4 heteroatoms. The Morgan fingerprint density at radius 1 is 1.64 bits per heavy atom. The Bertz CT molecular complexity index is 198. The molecule has 1 heterocycles. The molecule has 1 atom stereocenters. The first-order valence-corrected chi connectivity index (χ1v) is 5.19. The molecule has 1 saturated heterocycles. The minimum absolute atomic E-state index is 0.0289. The molecule has 1 amide bonds. The summed E-state index contributed by atoms with van der Waals surface area (Å²) in [4.78, 5) is 11.7. The fourth-order valence-electron chi connectivity index (χ4n) is 1.55. The predicted molar refractivity (Wildman–Crippen MR) is 54.9 cm³/mol. The zero-order valence-electron chi connectivity index (χ0n) is 8.97. The van der Waals surface area contributed by atoms with Crippen molar-refractivity contribution in [2.75, 3.05) is 19.7 Å². The quantitative estimate of drug-likeness (QED) is 0.595. The number of aliphatic hydroxyl groups excluding tert-OH is 1. The molecule has 0 bridgehead atoms. The smallest absolute Gasteiger partial charge is 0.224 e. The summed E-state index contributed by atoms with van der Waals surface area (Å²) in [7, 11) is 0. The van der Waals surface area contributed by atoms with Crippen LogP contribution >= 0.6 is 0 Å². The van der Waals surface area contributed by atoms with Crippen molar-refractivity contribution in [2.45, 2.75) is 32.2 Å². The third-order valence-corrected chi connectivity index (χ3v) is 2.52. The highest BCUT2D eigenvalue weighted by atomic mass is 16.3. The highest BCUT2D eigenvalue weighted by molar-refractivity contribution is 5.79. The molecule has 1 fully saturated rings. The van der Waals surface area contributed by atoms with Crippen LogP contribution < -0.4 is 10.6 Å². The van der Waals surface area contributed by atoms with Gasteiger partial charge in [-0.1, -0.05) is 0 Å². The summed E-state index contributed by atoms with van der Waals surface area (Å²) in [5, 5.41) is 15.1. The number of carbonyl (C=O) groups is 1. The van der Waals surface area contributed by atoms with Gasteiger partial charge in [0.15, 0.2) is 0 Å². The van der Waals surface area contributed by atoms with Crippen LogP contribution in [0.2, 0.25) is 0 Å². The van der Waals surface area contributed by atoms with Crippen molar-refractivity contribution in [3.05, 3.63) is 0 Å². The van der Waals surface area contributed by atoms with Gasteiger partial charge in [-0.15, -0.1) is 0 Å². The molecule has 1 aliphatic rings. The van der Waals surface area contributed by atoms with Crippen LogP contribution in [0.15, 0.2) is 0 Å². The van der Waals surface area contributed by atoms with Crippen LogP contribution in [0.4, 0.5) is 0 Å². The molecule has 0 aromatic heterocycles. The van der Waals surface area contributed by atoms with Crippen molar-refractivity contribution >= 4 is 5.91 Å². The van der Waals surface area contributed by atoms with Crippen molar-refractivity contribution in [2.24, 2.45) is 5.92 Å². The first-order valence-electron chi connectivity index (χ1n) is 5.19. The Kier molecular flexibility index (Phi) is 3.89. The fraction of sp³-hybridized carbons (Fsp3) is 0.900. The molecular formula is C10H20N2O2. The van der Waals surface area contributed by atoms with E-state index in [9.17, 15) is 4.79 Å². The van der Waals surface area contributed by atoms with E-state index in [0.29, 0.717) is 0 Å². The number of amides is 1. The van der Waals surface area contributed by atoms with Crippen LogP contribution in [0.3, 0.4) is 0 Å². The zero-order valence-corrected chi connectivity index (χ0v) is 8.97. The molecule has 1 rings (SSSR count). The highest BCUT2D eigenvalue weighted by Crippen LogP contribution is 2.11. The fourth-order valence-corrected chi connectivity index (χ4v) is 1.55. The normalized spacial score (nSPS) is 23.2. The van der Waals surface area contributed by atoms with Crippen LogP contribution in [-0.4, -0.2) is 36.2 Å². The average Bonchev–Trinajstić information content (AvgIpc) is 2.19. The van der Waals surface area contributed by atoms with Crippen molar-refractivity contribution in [1.82, 2.24) is 10.6 Å². The van der Waals surface area contributed by atoms with Crippen molar-refractivity contribution in [1.29, 1.82) is 0 Å². The standard InChI is InChI=1S/C10H20N2O2/c1-10(2,7-13)12-9(14)8-4-3-5-11-6-8/h8,11,13H,3-7H2,1-2H3,(H,12,14)/t8-/m0/s1. The summed E-state index contributed by atoms with van der Waals surface area (Å²) in [5.74, 6) is 0.117. The Hall–Kier alpha value is -0.610. The number of nitrogens with one attached hydrogen (secondary N) is 2. The van der Waals surface area contributed by atoms with E-state index in [1.165, 1.54) is 0 Å². The maximum Gasteiger partial charge on any atom is 0.224 e. The minimum atomic E-state index is -0.505. The Morgan fingerprint density at radius 3 is 2.86 bits per heavy atom. The Morgan fingerprint density at radius 2 is 2.36 bits per heavy atom. The molecule has 0 saturated carbocycles. The van der Waals surface area contributed by atoms with Gasteiger partial charge in [-0.05, 0) is 33.2 Å². The monoisotopic (exact) mass is 200 g/mol. The molecule has 1 aliphatic heterocycles. The molecule has 0 aromatic carbocycles. The first-order chi connectivity index (χ1) is 6.55. The lowest BCUT2D eigenvalue weighted by Crippen LogP contribution is -2.51. The maximum atomic E-state index is 11.7. The molecular weight excluding hydrogens is 180 g/mol. The largest absolute Gasteiger partial charge is 0.394 e. The van der Waals surface area contributed by atoms with Gasteiger partial charge in [0.1, 0.15) is 0 Å². The van der Waals surface area contributed by atoms with Gasteiger partial charge in [0, 0.05) is 6.54 Å². The van der Waals surface area contributed by atoms with Gasteiger partial charge in [-0.2, -0.15) is 0 Å². The molecule has 0 radical (unpaired) electrons. The van der Waals surface area contributed by atoms with Gasteiger partial charge in [-0.3, -0.25) is 4.79 Å². The van der Waals surface area contributed by atoms with E-state index >= 15 is 0 Å². The highest BCUT2D eigenvalue weighted by Gasteiger charge is 2.26. The second-order valence-electron chi connectivity index (χ2n) is 4.57. The number of hydrogen-bond acceptors (Lipinski definition) is 3. The molecule has 0 aliphatic carbocycles. The van der Waals surface area contributed by atoms with Gasteiger partial charge in [0.05, 0.1) is 18.1 Å². The van der Waals surface area contributed by atoms with Crippen molar-refractivity contribution in [3.8, 4) is 0 Å². The van der Waals surface area contributed by atoms with E-state index in [-0.39, 0.29) is 18.4 Å². The average molecular weight is 200 g/mol. The number of aliphatic hydroxyl groups is 1.